The van der Waals surface area contributed by atoms with E-state index in [1.54, 1.807) is 13.0 Å². The lowest BCUT2D eigenvalue weighted by molar-refractivity contribution is 0.230. The Bertz CT molecular complexity index is 451. The molecule has 1 atom stereocenters. The van der Waals surface area contributed by atoms with Crippen LogP contribution in [0, 0.1) is 30.4 Å². The molecule has 0 heterocycles. The van der Waals surface area contributed by atoms with Crippen LogP contribution in [-0.4, -0.2) is 6.54 Å². The average Bonchev–Trinajstić information content (AvgIpc) is 2.42. The zero-order chi connectivity index (χ0) is 14.7. The van der Waals surface area contributed by atoms with Gasteiger partial charge in [-0.25, -0.2) is 8.78 Å². The first-order valence-corrected chi connectivity index (χ1v) is 7.71. The SMILES string of the molecule is CCNC(c1cc(C)c(F)cc1F)C1CCC(C)CC1. The fourth-order valence-corrected chi connectivity index (χ4v) is 3.29. The lowest BCUT2D eigenvalue weighted by atomic mass is 9.77. The molecule has 0 spiro atoms. The van der Waals surface area contributed by atoms with E-state index in [-0.39, 0.29) is 6.04 Å². The van der Waals surface area contributed by atoms with Crippen LogP contribution < -0.4 is 5.32 Å². The van der Waals surface area contributed by atoms with Crippen molar-refractivity contribution in [3.05, 3.63) is 34.9 Å². The van der Waals surface area contributed by atoms with Crippen LogP contribution in [0.3, 0.4) is 0 Å². The van der Waals surface area contributed by atoms with Gasteiger partial charge in [0.05, 0.1) is 0 Å². The van der Waals surface area contributed by atoms with E-state index in [2.05, 4.69) is 12.2 Å². The van der Waals surface area contributed by atoms with Crippen LogP contribution >= 0.6 is 0 Å². The van der Waals surface area contributed by atoms with Crippen molar-refractivity contribution >= 4 is 0 Å². The molecule has 0 aromatic heterocycles. The molecule has 1 aromatic rings. The van der Waals surface area contributed by atoms with Gasteiger partial charge in [0.1, 0.15) is 11.6 Å². The first kappa shape index (κ1) is 15.4. The number of rotatable bonds is 4. The largest absolute Gasteiger partial charge is 0.310 e. The van der Waals surface area contributed by atoms with Gasteiger partial charge in [0.2, 0.25) is 0 Å². The summed E-state index contributed by atoms with van der Waals surface area (Å²) in [5.41, 5.74) is 1.15. The number of hydrogen-bond acceptors (Lipinski definition) is 1. The molecule has 0 bridgehead atoms. The highest BCUT2D eigenvalue weighted by Gasteiger charge is 2.28. The molecule has 1 N–H and O–H groups in total. The van der Waals surface area contributed by atoms with Gasteiger partial charge < -0.3 is 5.32 Å². The normalized spacial score (nSPS) is 24.6. The van der Waals surface area contributed by atoms with Gasteiger partial charge in [0, 0.05) is 17.7 Å². The van der Waals surface area contributed by atoms with Gasteiger partial charge in [-0.05, 0) is 49.8 Å². The van der Waals surface area contributed by atoms with Crippen molar-refractivity contribution in [2.45, 2.75) is 52.5 Å². The summed E-state index contributed by atoms with van der Waals surface area (Å²) in [5.74, 6) is 0.343. The highest BCUT2D eigenvalue weighted by atomic mass is 19.1. The van der Waals surface area contributed by atoms with Crippen LogP contribution in [0.25, 0.3) is 0 Å². The molecule has 2 rings (SSSR count). The van der Waals surface area contributed by atoms with Crippen molar-refractivity contribution in [2.24, 2.45) is 11.8 Å². The van der Waals surface area contributed by atoms with Crippen molar-refractivity contribution < 1.29 is 8.78 Å². The average molecular weight is 281 g/mol. The summed E-state index contributed by atoms with van der Waals surface area (Å²) in [6.45, 7) is 6.81. The van der Waals surface area contributed by atoms with Crippen LogP contribution in [0.4, 0.5) is 8.78 Å². The van der Waals surface area contributed by atoms with E-state index in [4.69, 9.17) is 0 Å². The van der Waals surface area contributed by atoms with Crippen LogP contribution in [-0.2, 0) is 0 Å². The monoisotopic (exact) mass is 281 g/mol. The molecule has 1 nitrogen and oxygen atoms in total. The van der Waals surface area contributed by atoms with Crippen LogP contribution in [0.2, 0.25) is 0 Å². The molecule has 1 unspecified atom stereocenters. The summed E-state index contributed by atoms with van der Waals surface area (Å²) in [6.07, 6.45) is 4.64. The maximum Gasteiger partial charge on any atom is 0.130 e. The topological polar surface area (TPSA) is 12.0 Å². The lowest BCUT2D eigenvalue weighted by Crippen LogP contribution is -2.31. The number of aryl methyl sites for hydroxylation is 1. The molecule has 1 fully saturated rings. The second-order valence-corrected chi connectivity index (χ2v) is 6.18. The van der Waals surface area contributed by atoms with Gasteiger partial charge in [-0.2, -0.15) is 0 Å². The smallest absolute Gasteiger partial charge is 0.130 e. The van der Waals surface area contributed by atoms with Crippen LogP contribution in [0.1, 0.15) is 56.7 Å². The van der Waals surface area contributed by atoms with Crippen molar-refractivity contribution in [3.63, 3.8) is 0 Å². The van der Waals surface area contributed by atoms with E-state index in [1.807, 2.05) is 6.92 Å². The molecular weight excluding hydrogens is 256 g/mol. The number of benzene rings is 1. The molecule has 112 valence electrons. The minimum atomic E-state index is -0.459. The van der Waals surface area contributed by atoms with Gasteiger partial charge >= 0.3 is 0 Å². The van der Waals surface area contributed by atoms with E-state index < -0.39 is 11.6 Å². The Hall–Kier alpha value is -0.960. The van der Waals surface area contributed by atoms with Crippen LogP contribution in [0.15, 0.2) is 12.1 Å². The second kappa shape index (κ2) is 6.66. The fraction of sp³-hybridized carbons (Fsp3) is 0.647. The number of halogens is 2. The third-order valence-electron chi connectivity index (χ3n) is 4.57. The predicted octanol–water partition coefficient (Wildman–Crippen LogP) is 4.75. The molecule has 0 amide bonds. The lowest BCUT2D eigenvalue weighted by Gasteiger charge is -2.34. The summed E-state index contributed by atoms with van der Waals surface area (Å²) in [5, 5.41) is 3.41. The van der Waals surface area contributed by atoms with Crippen molar-refractivity contribution in [1.82, 2.24) is 5.32 Å². The molecule has 1 aromatic carbocycles. The van der Waals surface area contributed by atoms with Crippen molar-refractivity contribution in [3.8, 4) is 0 Å². The Kier molecular flexibility index (Phi) is 5.14. The Morgan fingerprint density at radius 3 is 2.40 bits per heavy atom. The molecule has 0 aliphatic heterocycles. The zero-order valence-electron chi connectivity index (χ0n) is 12.7. The summed E-state index contributed by atoms with van der Waals surface area (Å²) in [4.78, 5) is 0. The van der Waals surface area contributed by atoms with Crippen molar-refractivity contribution in [1.29, 1.82) is 0 Å². The zero-order valence-corrected chi connectivity index (χ0v) is 12.7. The quantitative estimate of drug-likeness (QED) is 0.839. The van der Waals surface area contributed by atoms with E-state index >= 15 is 0 Å². The second-order valence-electron chi connectivity index (χ2n) is 6.18. The fourth-order valence-electron chi connectivity index (χ4n) is 3.29. The molecule has 1 saturated carbocycles. The maximum absolute atomic E-state index is 14.2. The first-order valence-electron chi connectivity index (χ1n) is 7.71. The molecule has 1 aliphatic rings. The molecule has 0 saturated heterocycles. The standard InChI is InChI=1S/C17H25F2N/c1-4-20-17(13-7-5-11(2)6-8-13)14-9-12(3)15(18)10-16(14)19/h9-11,13,17,20H,4-8H2,1-3H3. The highest BCUT2D eigenvalue weighted by Crippen LogP contribution is 2.37. The Labute approximate surface area is 120 Å². The summed E-state index contributed by atoms with van der Waals surface area (Å²) in [7, 11) is 0. The predicted molar refractivity (Wildman–Crippen MR) is 78.6 cm³/mol. The minimum absolute atomic E-state index is 0.00630. The number of hydrogen-bond donors (Lipinski definition) is 1. The third-order valence-corrected chi connectivity index (χ3v) is 4.57. The van der Waals surface area contributed by atoms with Crippen molar-refractivity contribution in [2.75, 3.05) is 6.54 Å². The van der Waals surface area contributed by atoms with Gasteiger partial charge in [0.15, 0.2) is 0 Å². The molecule has 20 heavy (non-hydrogen) atoms. The summed E-state index contributed by atoms with van der Waals surface area (Å²) < 4.78 is 27.6. The van der Waals surface area contributed by atoms with Crippen LogP contribution in [0.5, 0.6) is 0 Å². The first-order chi connectivity index (χ1) is 9.52. The molecule has 1 aliphatic carbocycles. The van der Waals surface area contributed by atoms with E-state index in [9.17, 15) is 8.78 Å². The van der Waals surface area contributed by atoms with Gasteiger partial charge in [-0.15, -0.1) is 0 Å². The third kappa shape index (κ3) is 3.38. The van der Waals surface area contributed by atoms with Gasteiger partial charge in [-0.1, -0.05) is 26.7 Å². The molecular formula is C17H25F2N. The Morgan fingerprint density at radius 1 is 1.15 bits per heavy atom. The molecule has 0 radical (unpaired) electrons. The number of nitrogens with one attached hydrogen (secondary N) is 1. The minimum Gasteiger partial charge on any atom is -0.310 e. The summed E-state index contributed by atoms with van der Waals surface area (Å²) in [6, 6.07) is 2.71. The van der Waals surface area contributed by atoms with Gasteiger partial charge in [0.25, 0.3) is 0 Å². The van der Waals surface area contributed by atoms with E-state index in [1.165, 1.54) is 12.8 Å². The summed E-state index contributed by atoms with van der Waals surface area (Å²) >= 11 is 0. The molecule has 3 heteroatoms. The Balaban J connectivity index is 2.26. The van der Waals surface area contributed by atoms with E-state index in [0.717, 1.165) is 31.4 Å². The highest BCUT2D eigenvalue weighted by molar-refractivity contribution is 5.29. The maximum atomic E-state index is 14.2. The Morgan fingerprint density at radius 2 is 1.80 bits per heavy atom. The van der Waals surface area contributed by atoms with Gasteiger partial charge in [-0.3, -0.25) is 0 Å². The van der Waals surface area contributed by atoms with E-state index in [0.29, 0.717) is 17.0 Å².